The molecular weight excluding hydrogens is 134 g/mol. The van der Waals surface area contributed by atoms with Crippen LogP contribution in [0.25, 0.3) is 0 Å². The predicted octanol–water partition coefficient (Wildman–Crippen LogP) is 2.34. The summed E-state index contributed by atoms with van der Waals surface area (Å²) in [5.74, 6) is 0.904. The molecule has 0 heterocycles. The number of rotatable bonds is 4. The molecule has 64 valence electrons. The zero-order chi connectivity index (χ0) is 8.48. The second-order valence-electron chi connectivity index (χ2n) is 4.31. The Morgan fingerprint density at radius 1 is 1.55 bits per heavy atom. The van der Waals surface area contributed by atoms with Gasteiger partial charge in [-0.15, -0.1) is 0 Å². The molecule has 1 fully saturated rings. The molecule has 0 aromatic rings. The Morgan fingerprint density at radius 2 is 2.09 bits per heavy atom. The van der Waals surface area contributed by atoms with Crippen molar-refractivity contribution < 1.29 is 0 Å². The van der Waals surface area contributed by atoms with Gasteiger partial charge in [-0.1, -0.05) is 12.2 Å². The van der Waals surface area contributed by atoms with Crippen LogP contribution in [0.1, 0.15) is 33.6 Å². The first-order chi connectivity index (χ1) is 5.02. The van der Waals surface area contributed by atoms with Gasteiger partial charge in [-0.3, -0.25) is 0 Å². The molecule has 0 bridgehead atoms. The van der Waals surface area contributed by atoms with E-state index >= 15 is 0 Å². The van der Waals surface area contributed by atoms with Crippen molar-refractivity contribution >= 4 is 0 Å². The largest absolute Gasteiger partial charge is 0.308 e. The predicted molar refractivity (Wildman–Crippen MR) is 49.6 cm³/mol. The number of hydrogen-bond donors (Lipinski definition) is 1. The molecule has 0 atom stereocenters. The van der Waals surface area contributed by atoms with Gasteiger partial charge < -0.3 is 5.32 Å². The Hall–Kier alpha value is -0.300. The Morgan fingerprint density at radius 3 is 2.45 bits per heavy atom. The number of hydrogen-bond acceptors (Lipinski definition) is 1. The van der Waals surface area contributed by atoms with Gasteiger partial charge in [0.05, 0.1) is 0 Å². The van der Waals surface area contributed by atoms with Crippen LogP contribution in [0.4, 0.5) is 0 Å². The van der Waals surface area contributed by atoms with Gasteiger partial charge in [-0.25, -0.2) is 0 Å². The topological polar surface area (TPSA) is 12.0 Å². The molecule has 1 nitrogen and oxygen atoms in total. The standard InChI is InChI=1S/C10H19N/c1-8(2)7-11-10(3,4)9-5-6-9/h9,11H,1,5-7H2,2-4H3. The Balaban J connectivity index is 2.27. The molecule has 0 saturated heterocycles. The van der Waals surface area contributed by atoms with Crippen LogP contribution in [-0.4, -0.2) is 12.1 Å². The van der Waals surface area contributed by atoms with Gasteiger partial charge in [-0.05, 0) is 39.5 Å². The van der Waals surface area contributed by atoms with Crippen LogP contribution in [0.15, 0.2) is 12.2 Å². The average Bonchev–Trinajstić information content (AvgIpc) is 2.64. The molecular formula is C10H19N. The Labute approximate surface area is 69.9 Å². The van der Waals surface area contributed by atoms with E-state index in [1.165, 1.54) is 18.4 Å². The molecule has 1 aliphatic carbocycles. The zero-order valence-corrected chi connectivity index (χ0v) is 7.91. The maximum Gasteiger partial charge on any atom is 0.0164 e. The van der Waals surface area contributed by atoms with E-state index in [1.807, 2.05) is 0 Å². The summed E-state index contributed by atoms with van der Waals surface area (Å²) in [7, 11) is 0. The third kappa shape index (κ3) is 2.66. The van der Waals surface area contributed by atoms with Gasteiger partial charge in [0.2, 0.25) is 0 Å². The molecule has 0 aliphatic heterocycles. The lowest BCUT2D eigenvalue weighted by atomic mass is 9.98. The van der Waals surface area contributed by atoms with Crippen molar-refractivity contribution in [3.63, 3.8) is 0 Å². The fraction of sp³-hybridized carbons (Fsp3) is 0.800. The first-order valence-corrected chi connectivity index (χ1v) is 4.42. The fourth-order valence-electron chi connectivity index (χ4n) is 1.33. The molecule has 0 aromatic heterocycles. The van der Waals surface area contributed by atoms with Gasteiger partial charge in [0.1, 0.15) is 0 Å². The van der Waals surface area contributed by atoms with E-state index in [1.54, 1.807) is 0 Å². The van der Waals surface area contributed by atoms with Gasteiger partial charge in [0.15, 0.2) is 0 Å². The SMILES string of the molecule is C=C(C)CNC(C)(C)C1CC1. The summed E-state index contributed by atoms with van der Waals surface area (Å²) in [6.07, 6.45) is 2.80. The molecule has 0 unspecified atom stereocenters. The van der Waals surface area contributed by atoms with Crippen molar-refractivity contribution in [2.75, 3.05) is 6.54 Å². The molecule has 0 amide bonds. The van der Waals surface area contributed by atoms with Crippen molar-refractivity contribution in [3.05, 3.63) is 12.2 Å². The van der Waals surface area contributed by atoms with Gasteiger partial charge in [-0.2, -0.15) is 0 Å². The molecule has 1 rings (SSSR count). The van der Waals surface area contributed by atoms with E-state index in [0.29, 0.717) is 5.54 Å². The fourth-order valence-corrected chi connectivity index (χ4v) is 1.33. The molecule has 11 heavy (non-hydrogen) atoms. The average molecular weight is 153 g/mol. The van der Waals surface area contributed by atoms with Crippen molar-refractivity contribution in [2.24, 2.45) is 5.92 Å². The highest BCUT2D eigenvalue weighted by Gasteiger charge is 2.36. The second kappa shape index (κ2) is 2.98. The molecule has 1 saturated carbocycles. The summed E-state index contributed by atoms with van der Waals surface area (Å²) < 4.78 is 0. The van der Waals surface area contributed by atoms with Gasteiger partial charge in [0, 0.05) is 12.1 Å². The highest BCUT2D eigenvalue weighted by atomic mass is 15.0. The lowest BCUT2D eigenvalue weighted by Gasteiger charge is -2.26. The first kappa shape index (κ1) is 8.79. The van der Waals surface area contributed by atoms with Crippen LogP contribution in [-0.2, 0) is 0 Å². The summed E-state index contributed by atoms with van der Waals surface area (Å²) in [6, 6.07) is 0. The molecule has 0 aromatic carbocycles. The normalized spacial score (nSPS) is 18.5. The van der Waals surface area contributed by atoms with E-state index < -0.39 is 0 Å². The van der Waals surface area contributed by atoms with Crippen molar-refractivity contribution in [2.45, 2.75) is 39.2 Å². The zero-order valence-electron chi connectivity index (χ0n) is 7.91. The van der Waals surface area contributed by atoms with Crippen molar-refractivity contribution in [1.29, 1.82) is 0 Å². The molecule has 1 aliphatic rings. The summed E-state index contributed by atoms with van der Waals surface area (Å²) in [5, 5.41) is 3.52. The number of nitrogens with one attached hydrogen (secondary N) is 1. The van der Waals surface area contributed by atoms with E-state index in [9.17, 15) is 0 Å². The minimum atomic E-state index is 0.332. The van der Waals surface area contributed by atoms with Crippen molar-refractivity contribution in [3.8, 4) is 0 Å². The smallest absolute Gasteiger partial charge is 0.0164 e. The van der Waals surface area contributed by atoms with E-state index in [-0.39, 0.29) is 0 Å². The van der Waals surface area contributed by atoms with Crippen LogP contribution >= 0.6 is 0 Å². The summed E-state index contributed by atoms with van der Waals surface area (Å²) >= 11 is 0. The maximum atomic E-state index is 3.88. The minimum absolute atomic E-state index is 0.332. The third-order valence-corrected chi connectivity index (χ3v) is 2.44. The van der Waals surface area contributed by atoms with E-state index in [0.717, 1.165) is 12.5 Å². The van der Waals surface area contributed by atoms with Crippen LogP contribution in [0.5, 0.6) is 0 Å². The van der Waals surface area contributed by atoms with Crippen LogP contribution in [0.3, 0.4) is 0 Å². The second-order valence-corrected chi connectivity index (χ2v) is 4.31. The van der Waals surface area contributed by atoms with E-state index in [4.69, 9.17) is 0 Å². The van der Waals surface area contributed by atoms with E-state index in [2.05, 4.69) is 32.7 Å². The summed E-state index contributed by atoms with van der Waals surface area (Å²) in [4.78, 5) is 0. The Kier molecular flexibility index (Phi) is 2.38. The Bertz CT molecular complexity index is 154. The molecule has 1 heteroatoms. The highest BCUT2D eigenvalue weighted by molar-refractivity contribution is 4.99. The van der Waals surface area contributed by atoms with Crippen LogP contribution in [0.2, 0.25) is 0 Å². The third-order valence-electron chi connectivity index (χ3n) is 2.44. The summed E-state index contributed by atoms with van der Waals surface area (Å²) in [6.45, 7) is 11.5. The molecule has 0 radical (unpaired) electrons. The first-order valence-electron chi connectivity index (χ1n) is 4.42. The van der Waals surface area contributed by atoms with Crippen LogP contribution in [0, 0.1) is 5.92 Å². The van der Waals surface area contributed by atoms with Crippen LogP contribution < -0.4 is 5.32 Å². The van der Waals surface area contributed by atoms with Gasteiger partial charge >= 0.3 is 0 Å². The van der Waals surface area contributed by atoms with Gasteiger partial charge in [0.25, 0.3) is 0 Å². The highest BCUT2D eigenvalue weighted by Crippen LogP contribution is 2.39. The molecule has 1 N–H and O–H groups in total. The summed E-state index contributed by atoms with van der Waals surface area (Å²) in [5.41, 5.74) is 1.55. The monoisotopic (exact) mass is 153 g/mol. The van der Waals surface area contributed by atoms with Crippen molar-refractivity contribution in [1.82, 2.24) is 5.32 Å². The maximum absolute atomic E-state index is 3.88. The lowest BCUT2D eigenvalue weighted by Crippen LogP contribution is -2.42. The quantitative estimate of drug-likeness (QED) is 0.611. The minimum Gasteiger partial charge on any atom is -0.308 e. The lowest BCUT2D eigenvalue weighted by molar-refractivity contribution is 0.354. The molecule has 0 spiro atoms.